The molecule has 0 fully saturated rings. The topological polar surface area (TPSA) is 133 Å². The van der Waals surface area contributed by atoms with Gasteiger partial charge in [0.2, 0.25) is 11.8 Å². The van der Waals surface area contributed by atoms with Crippen LogP contribution in [0, 0.1) is 0 Å². The fourth-order valence-electron chi connectivity index (χ4n) is 1.27. The number of nitrogens with one attached hydrogen (secondary N) is 2. The standard InChI is InChI=1S/C11H18N2O6S2/c1-20-21-6-7(11(19)12-5-10(17)18)13-8(14)3-2-4-9(15)16/h7H,2-6H2,1H3,(H,12,19)(H,13,14)(H,15,16)(H,17,18). The van der Waals surface area contributed by atoms with Crippen LogP contribution in [0.5, 0.6) is 0 Å². The number of hydrogen-bond acceptors (Lipinski definition) is 6. The highest BCUT2D eigenvalue weighted by molar-refractivity contribution is 8.76. The number of rotatable bonds is 11. The SMILES string of the molecule is CSSCC(NC(=O)CCCC(=O)O)C(=O)NCC(=O)O. The lowest BCUT2D eigenvalue weighted by molar-refractivity contribution is -0.138. The van der Waals surface area contributed by atoms with Crippen LogP contribution >= 0.6 is 21.6 Å². The van der Waals surface area contributed by atoms with Gasteiger partial charge in [0.15, 0.2) is 0 Å². The first-order chi connectivity index (χ1) is 9.86. The number of carbonyl (C=O) groups excluding carboxylic acids is 2. The summed E-state index contributed by atoms with van der Waals surface area (Å²) in [4.78, 5) is 44.1. The normalized spacial score (nSPS) is 11.5. The summed E-state index contributed by atoms with van der Waals surface area (Å²) in [6, 6.07) is -0.848. The predicted molar refractivity (Wildman–Crippen MR) is 80.0 cm³/mol. The van der Waals surface area contributed by atoms with E-state index in [2.05, 4.69) is 10.6 Å². The fraction of sp³-hybridized carbons (Fsp3) is 0.636. The average molecular weight is 338 g/mol. The minimum Gasteiger partial charge on any atom is -0.481 e. The van der Waals surface area contributed by atoms with Crippen molar-refractivity contribution in [2.24, 2.45) is 0 Å². The van der Waals surface area contributed by atoms with Crippen LogP contribution < -0.4 is 10.6 Å². The molecule has 0 saturated carbocycles. The molecular formula is C11H18N2O6S2. The monoisotopic (exact) mass is 338 g/mol. The molecular weight excluding hydrogens is 320 g/mol. The second kappa shape index (κ2) is 11.3. The molecule has 1 atom stereocenters. The Labute approximate surface area is 129 Å². The van der Waals surface area contributed by atoms with Crippen LogP contribution in [0.25, 0.3) is 0 Å². The maximum Gasteiger partial charge on any atom is 0.322 e. The second-order valence-electron chi connectivity index (χ2n) is 3.93. The molecule has 0 heterocycles. The third-order valence-corrected chi connectivity index (χ3v) is 4.03. The molecule has 4 N–H and O–H groups in total. The minimum absolute atomic E-state index is 0.00105. The zero-order chi connectivity index (χ0) is 16.3. The molecule has 0 aliphatic heterocycles. The molecule has 0 aromatic rings. The van der Waals surface area contributed by atoms with Crippen LogP contribution in [0.3, 0.4) is 0 Å². The third-order valence-electron chi connectivity index (χ3n) is 2.21. The molecule has 21 heavy (non-hydrogen) atoms. The van der Waals surface area contributed by atoms with Crippen molar-refractivity contribution in [1.82, 2.24) is 10.6 Å². The van der Waals surface area contributed by atoms with Crippen molar-refractivity contribution in [3.8, 4) is 0 Å². The molecule has 120 valence electrons. The summed E-state index contributed by atoms with van der Waals surface area (Å²) >= 11 is 0. The van der Waals surface area contributed by atoms with Gasteiger partial charge in [-0.25, -0.2) is 0 Å². The number of aliphatic carboxylic acids is 2. The Hall–Kier alpha value is -1.42. The molecule has 1 unspecified atom stereocenters. The fourth-order valence-corrected chi connectivity index (χ4v) is 2.59. The lowest BCUT2D eigenvalue weighted by Gasteiger charge is -2.17. The van der Waals surface area contributed by atoms with Gasteiger partial charge in [-0.1, -0.05) is 21.6 Å². The first-order valence-corrected chi connectivity index (χ1v) is 8.75. The van der Waals surface area contributed by atoms with Crippen LogP contribution in [-0.2, 0) is 19.2 Å². The molecule has 8 nitrogen and oxygen atoms in total. The smallest absolute Gasteiger partial charge is 0.322 e. The number of carboxylic acids is 2. The number of carbonyl (C=O) groups is 4. The highest BCUT2D eigenvalue weighted by Gasteiger charge is 2.21. The molecule has 0 aliphatic rings. The Morgan fingerprint density at radius 3 is 2.29 bits per heavy atom. The number of amides is 2. The molecule has 10 heteroatoms. The summed E-state index contributed by atoms with van der Waals surface area (Å²) in [7, 11) is 2.76. The van der Waals surface area contributed by atoms with E-state index in [1.165, 1.54) is 21.6 Å². The van der Waals surface area contributed by atoms with Crippen molar-refractivity contribution in [1.29, 1.82) is 0 Å². The van der Waals surface area contributed by atoms with Gasteiger partial charge in [-0.2, -0.15) is 0 Å². The zero-order valence-corrected chi connectivity index (χ0v) is 13.1. The van der Waals surface area contributed by atoms with Gasteiger partial charge in [0.05, 0.1) is 0 Å². The summed E-state index contributed by atoms with van der Waals surface area (Å²) in [5, 5.41) is 21.7. The van der Waals surface area contributed by atoms with Crippen molar-refractivity contribution in [2.75, 3.05) is 18.6 Å². The largest absolute Gasteiger partial charge is 0.481 e. The van der Waals surface area contributed by atoms with E-state index in [1.54, 1.807) is 0 Å². The van der Waals surface area contributed by atoms with Crippen molar-refractivity contribution in [3.05, 3.63) is 0 Å². The lowest BCUT2D eigenvalue weighted by atomic mass is 10.2. The van der Waals surface area contributed by atoms with Gasteiger partial charge in [-0.15, -0.1) is 0 Å². The van der Waals surface area contributed by atoms with E-state index in [0.29, 0.717) is 0 Å². The van der Waals surface area contributed by atoms with Crippen molar-refractivity contribution in [3.63, 3.8) is 0 Å². The third kappa shape index (κ3) is 11.0. The van der Waals surface area contributed by atoms with E-state index in [1.807, 2.05) is 6.26 Å². The van der Waals surface area contributed by atoms with Gasteiger partial charge in [0.1, 0.15) is 12.6 Å². The summed E-state index contributed by atoms with van der Waals surface area (Å²) in [5.41, 5.74) is 0. The van der Waals surface area contributed by atoms with E-state index in [0.717, 1.165) is 0 Å². The van der Waals surface area contributed by atoms with Crippen LogP contribution in [0.2, 0.25) is 0 Å². The van der Waals surface area contributed by atoms with Crippen LogP contribution in [0.15, 0.2) is 0 Å². The van der Waals surface area contributed by atoms with Gasteiger partial charge in [-0.05, 0) is 12.7 Å². The van der Waals surface area contributed by atoms with Gasteiger partial charge in [0.25, 0.3) is 0 Å². The van der Waals surface area contributed by atoms with Gasteiger partial charge in [0, 0.05) is 18.6 Å². The Bertz CT molecular complexity index is 391. The predicted octanol–water partition coefficient (Wildman–Crippen LogP) is -0.0619. The van der Waals surface area contributed by atoms with E-state index >= 15 is 0 Å². The van der Waals surface area contributed by atoms with Gasteiger partial charge < -0.3 is 20.8 Å². The molecule has 0 spiro atoms. The molecule has 0 aromatic carbocycles. The highest BCUT2D eigenvalue weighted by Crippen LogP contribution is 2.17. The Morgan fingerprint density at radius 2 is 1.76 bits per heavy atom. The first kappa shape index (κ1) is 19.6. The van der Waals surface area contributed by atoms with Crippen LogP contribution in [0.1, 0.15) is 19.3 Å². The summed E-state index contributed by atoms with van der Waals surface area (Å²) < 4.78 is 0. The summed E-state index contributed by atoms with van der Waals surface area (Å²) in [5.74, 6) is -2.89. The molecule has 0 aromatic heterocycles. The minimum atomic E-state index is -1.17. The summed E-state index contributed by atoms with van der Waals surface area (Å²) in [6.45, 7) is -0.520. The maximum atomic E-state index is 11.8. The van der Waals surface area contributed by atoms with E-state index in [9.17, 15) is 19.2 Å². The van der Waals surface area contributed by atoms with Gasteiger partial charge in [-0.3, -0.25) is 19.2 Å². The molecule has 0 saturated heterocycles. The Balaban J connectivity index is 4.32. The highest BCUT2D eigenvalue weighted by atomic mass is 33.1. The second-order valence-corrected chi connectivity index (χ2v) is 6.54. The molecule has 0 radical (unpaired) electrons. The van der Waals surface area contributed by atoms with E-state index in [-0.39, 0.29) is 25.0 Å². The molecule has 2 amide bonds. The van der Waals surface area contributed by atoms with Gasteiger partial charge >= 0.3 is 11.9 Å². The molecule has 0 bridgehead atoms. The Kier molecular flexibility index (Phi) is 10.5. The molecule has 0 rings (SSSR count). The quantitative estimate of drug-likeness (QED) is 0.385. The molecule has 0 aliphatic carbocycles. The zero-order valence-electron chi connectivity index (χ0n) is 11.5. The average Bonchev–Trinajstić information content (AvgIpc) is 2.40. The van der Waals surface area contributed by atoms with Crippen molar-refractivity contribution < 1.29 is 29.4 Å². The number of carboxylic acid groups (broad SMARTS) is 2. The summed E-state index contributed by atoms with van der Waals surface area (Å²) in [6.07, 6.45) is 1.87. The first-order valence-electron chi connectivity index (χ1n) is 6.03. The Morgan fingerprint density at radius 1 is 1.10 bits per heavy atom. The van der Waals surface area contributed by atoms with Crippen molar-refractivity contribution >= 4 is 45.3 Å². The van der Waals surface area contributed by atoms with Crippen LogP contribution in [0.4, 0.5) is 0 Å². The number of hydrogen-bond donors (Lipinski definition) is 4. The van der Waals surface area contributed by atoms with Crippen molar-refractivity contribution in [2.45, 2.75) is 25.3 Å². The maximum absolute atomic E-state index is 11.8. The lowest BCUT2D eigenvalue weighted by Crippen LogP contribution is -2.49. The van der Waals surface area contributed by atoms with E-state index < -0.39 is 36.3 Å². The van der Waals surface area contributed by atoms with Crippen LogP contribution in [-0.4, -0.2) is 58.6 Å². The van der Waals surface area contributed by atoms with E-state index in [4.69, 9.17) is 10.2 Å².